The van der Waals surface area contributed by atoms with Crippen molar-refractivity contribution in [2.45, 2.75) is 6.61 Å². The highest BCUT2D eigenvalue weighted by Crippen LogP contribution is 2.24. The maximum atomic E-state index is 12.2. The predicted molar refractivity (Wildman–Crippen MR) is 116 cm³/mol. The predicted octanol–water partition coefficient (Wildman–Crippen LogP) is 5.17. The summed E-state index contributed by atoms with van der Waals surface area (Å²) < 4.78 is 5.76. The Hall–Kier alpha value is -3.97. The molecule has 1 aliphatic heterocycles. The second-order valence-electron chi connectivity index (χ2n) is 6.67. The van der Waals surface area contributed by atoms with Crippen molar-refractivity contribution in [3.05, 3.63) is 110 Å². The lowest BCUT2D eigenvalue weighted by atomic mass is 10.0. The number of nitro benzene ring substituents is 1. The summed E-state index contributed by atoms with van der Waals surface area (Å²) in [5, 5.41) is 15.5. The Balaban J connectivity index is 1.51. The maximum absolute atomic E-state index is 12.2. The summed E-state index contributed by atoms with van der Waals surface area (Å²) in [4.78, 5) is 27.5. The molecule has 4 rings (SSSR count). The summed E-state index contributed by atoms with van der Waals surface area (Å²) in [6, 6.07) is 20.4. The Morgan fingerprint density at radius 2 is 1.81 bits per heavy atom. The van der Waals surface area contributed by atoms with Gasteiger partial charge in [-0.15, -0.1) is 0 Å². The van der Waals surface area contributed by atoms with E-state index in [1.807, 2.05) is 12.1 Å². The van der Waals surface area contributed by atoms with E-state index in [9.17, 15) is 14.9 Å². The number of nitrogens with zero attached hydrogens (tertiary/aromatic N) is 2. The van der Waals surface area contributed by atoms with Crippen molar-refractivity contribution in [3.8, 4) is 5.75 Å². The van der Waals surface area contributed by atoms with Gasteiger partial charge >= 0.3 is 5.97 Å². The lowest BCUT2D eigenvalue weighted by Gasteiger charge is -2.07. The van der Waals surface area contributed by atoms with Gasteiger partial charge in [0.05, 0.1) is 10.5 Å². The maximum Gasteiger partial charge on any atom is 0.368 e. The van der Waals surface area contributed by atoms with Crippen LogP contribution in [0.5, 0.6) is 5.75 Å². The zero-order chi connectivity index (χ0) is 21.8. The summed E-state index contributed by atoms with van der Waals surface area (Å²) in [6.45, 7) is 0.396. The van der Waals surface area contributed by atoms with E-state index in [1.165, 1.54) is 18.2 Å². The zero-order valence-electron chi connectivity index (χ0n) is 16.0. The molecule has 0 N–H and O–H groups in total. The van der Waals surface area contributed by atoms with Crippen molar-refractivity contribution in [2.75, 3.05) is 0 Å². The average Bonchev–Trinajstić information content (AvgIpc) is 3.14. The average molecular weight is 435 g/mol. The number of hydrogen-bond donors (Lipinski definition) is 0. The van der Waals surface area contributed by atoms with Crippen LogP contribution in [0, 0.1) is 10.1 Å². The standard InChI is InChI=1S/C23H15ClN2O5/c24-18-8-4-16(5-9-18)14-30-20-10-6-15(7-11-20)12-21-22(25-31-23(21)27)17-2-1-3-19(13-17)26(28)29/h1-13H,14H2. The number of carbonyl (C=O) groups excluding carboxylic acids is 1. The first-order chi connectivity index (χ1) is 15.0. The molecule has 0 saturated heterocycles. The number of carbonyl (C=O) groups is 1. The Labute approximate surface area is 182 Å². The van der Waals surface area contributed by atoms with E-state index in [0.29, 0.717) is 22.9 Å². The van der Waals surface area contributed by atoms with Gasteiger partial charge in [0.15, 0.2) is 0 Å². The van der Waals surface area contributed by atoms with Crippen LogP contribution in [-0.2, 0) is 16.2 Å². The molecule has 0 bridgehead atoms. The van der Waals surface area contributed by atoms with E-state index in [1.54, 1.807) is 48.5 Å². The number of nitro groups is 1. The topological polar surface area (TPSA) is 91.0 Å². The molecule has 1 heterocycles. The van der Waals surface area contributed by atoms with Crippen LogP contribution < -0.4 is 4.74 Å². The molecule has 31 heavy (non-hydrogen) atoms. The van der Waals surface area contributed by atoms with Gasteiger partial charge in [-0.05, 0) is 41.5 Å². The van der Waals surface area contributed by atoms with Crippen molar-refractivity contribution >= 4 is 35.0 Å². The Bertz CT molecular complexity index is 1200. The third-order valence-corrected chi connectivity index (χ3v) is 4.79. The summed E-state index contributed by atoms with van der Waals surface area (Å²) in [5.74, 6) is 0.0447. The highest BCUT2D eigenvalue weighted by atomic mass is 35.5. The lowest BCUT2D eigenvalue weighted by molar-refractivity contribution is -0.384. The molecule has 0 aliphatic carbocycles. The van der Waals surface area contributed by atoms with Crippen LogP contribution in [0.2, 0.25) is 5.02 Å². The number of ether oxygens (including phenoxy) is 1. The number of non-ortho nitro benzene ring substituents is 1. The van der Waals surface area contributed by atoms with Crippen LogP contribution >= 0.6 is 11.6 Å². The van der Waals surface area contributed by atoms with E-state index in [-0.39, 0.29) is 17.0 Å². The van der Waals surface area contributed by atoms with Crippen LogP contribution in [0.3, 0.4) is 0 Å². The highest BCUT2D eigenvalue weighted by Gasteiger charge is 2.27. The molecule has 3 aromatic carbocycles. The third-order valence-electron chi connectivity index (χ3n) is 4.54. The number of benzene rings is 3. The fourth-order valence-corrected chi connectivity index (χ4v) is 3.08. The zero-order valence-corrected chi connectivity index (χ0v) is 16.8. The Morgan fingerprint density at radius 1 is 1.06 bits per heavy atom. The Morgan fingerprint density at radius 3 is 2.52 bits per heavy atom. The highest BCUT2D eigenvalue weighted by molar-refractivity contribution is 6.31. The van der Waals surface area contributed by atoms with Gasteiger partial charge in [0.25, 0.3) is 5.69 Å². The van der Waals surface area contributed by atoms with Crippen LogP contribution in [0.4, 0.5) is 5.69 Å². The van der Waals surface area contributed by atoms with Crippen molar-refractivity contribution in [1.29, 1.82) is 0 Å². The molecule has 0 radical (unpaired) electrons. The first kappa shape index (κ1) is 20.3. The normalized spacial score (nSPS) is 14.3. The Kier molecular flexibility index (Phi) is 5.77. The van der Waals surface area contributed by atoms with E-state index < -0.39 is 10.9 Å². The quantitative estimate of drug-likeness (QED) is 0.231. The summed E-state index contributed by atoms with van der Waals surface area (Å²) in [7, 11) is 0. The summed E-state index contributed by atoms with van der Waals surface area (Å²) in [5.41, 5.74) is 2.51. The van der Waals surface area contributed by atoms with Gasteiger partial charge in [-0.1, -0.05) is 53.2 Å². The second-order valence-corrected chi connectivity index (χ2v) is 7.10. The molecule has 8 heteroatoms. The lowest BCUT2D eigenvalue weighted by Crippen LogP contribution is -2.07. The van der Waals surface area contributed by atoms with E-state index in [0.717, 1.165) is 11.1 Å². The van der Waals surface area contributed by atoms with Crippen LogP contribution in [-0.4, -0.2) is 16.6 Å². The molecule has 3 aromatic rings. The molecule has 154 valence electrons. The van der Waals surface area contributed by atoms with Gasteiger partial charge in [-0.3, -0.25) is 10.1 Å². The second kappa shape index (κ2) is 8.81. The number of oxime groups is 1. The number of hydrogen-bond acceptors (Lipinski definition) is 6. The first-order valence-corrected chi connectivity index (χ1v) is 9.61. The molecule has 0 amide bonds. The summed E-state index contributed by atoms with van der Waals surface area (Å²) in [6.07, 6.45) is 1.62. The van der Waals surface area contributed by atoms with Crippen molar-refractivity contribution < 1.29 is 19.3 Å². The van der Waals surface area contributed by atoms with Gasteiger partial charge in [0.1, 0.15) is 18.1 Å². The summed E-state index contributed by atoms with van der Waals surface area (Å²) >= 11 is 5.88. The van der Waals surface area contributed by atoms with Crippen LogP contribution in [0.1, 0.15) is 16.7 Å². The van der Waals surface area contributed by atoms with Gasteiger partial charge < -0.3 is 9.57 Å². The third kappa shape index (κ3) is 4.79. The molecule has 0 atom stereocenters. The van der Waals surface area contributed by atoms with Gasteiger partial charge in [-0.25, -0.2) is 4.79 Å². The van der Waals surface area contributed by atoms with Gasteiger partial charge in [-0.2, -0.15) is 0 Å². The SMILES string of the molecule is O=C1ON=C(c2cccc([N+](=O)[O-])c2)C1=Cc1ccc(OCc2ccc(Cl)cc2)cc1. The molecule has 0 saturated carbocycles. The fourth-order valence-electron chi connectivity index (χ4n) is 2.96. The molecule has 0 spiro atoms. The van der Waals surface area contributed by atoms with Gasteiger partial charge in [0.2, 0.25) is 0 Å². The number of halogens is 1. The van der Waals surface area contributed by atoms with E-state index >= 15 is 0 Å². The minimum atomic E-state index is -0.621. The monoisotopic (exact) mass is 434 g/mol. The van der Waals surface area contributed by atoms with Crippen LogP contribution in [0.15, 0.2) is 83.5 Å². The van der Waals surface area contributed by atoms with Crippen molar-refractivity contribution in [2.24, 2.45) is 5.16 Å². The molecule has 0 unspecified atom stereocenters. The molecular weight excluding hydrogens is 420 g/mol. The van der Waals surface area contributed by atoms with E-state index in [4.69, 9.17) is 21.2 Å². The molecular formula is C23H15ClN2O5. The molecule has 0 aromatic heterocycles. The van der Waals surface area contributed by atoms with E-state index in [2.05, 4.69) is 5.16 Å². The molecule has 1 aliphatic rings. The minimum Gasteiger partial charge on any atom is -0.489 e. The fraction of sp³-hybridized carbons (Fsp3) is 0.0435. The molecule has 7 nitrogen and oxygen atoms in total. The first-order valence-electron chi connectivity index (χ1n) is 9.23. The number of rotatable bonds is 6. The van der Waals surface area contributed by atoms with Gasteiger partial charge in [0, 0.05) is 22.7 Å². The van der Waals surface area contributed by atoms with Crippen LogP contribution in [0.25, 0.3) is 6.08 Å². The van der Waals surface area contributed by atoms with Crippen molar-refractivity contribution in [1.82, 2.24) is 0 Å². The molecule has 0 fully saturated rings. The smallest absolute Gasteiger partial charge is 0.368 e. The largest absolute Gasteiger partial charge is 0.489 e. The minimum absolute atomic E-state index is 0.0962. The van der Waals surface area contributed by atoms with Crippen molar-refractivity contribution in [3.63, 3.8) is 0 Å².